The standard InChI is InChI=1S/C18H25N5O2/c24-16(6-5-13-7-9-19-10-8-13)20-11-12-21-18(25)17-14-3-1-2-4-15(14)22-23-17/h1-4,13,19H,5-12H2,(H,20,24)(H,21,25)(H,22,23). The molecule has 0 bridgehead atoms. The zero-order chi connectivity index (χ0) is 17.5. The van der Waals surface area contributed by atoms with Crippen molar-refractivity contribution in [1.29, 1.82) is 0 Å². The van der Waals surface area contributed by atoms with E-state index < -0.39 is 0 Å². The van der Waals surface area contributed by atoms with Gasteiger partial charge in [0.2, 0.25) is 5.91 Å². The molecule has 7 heteroatoms. The Balaban J connectivity index is 1.35. The number of rotatable bonds is 7. The minimum Gasteiger partial charge on any atom is -0.354 e. The second kappa shape index (κ2) is 8.62. The van der Waals surface area contributed by atoms with Crippen molar-refractivity contribution in [3.05, 3.63) is 30.0 Å². The van der Waals surface area contributed by atoms with Crippen LogP contribution in [0.1, 0.15) is 36.2 Å². The number of fused-ring (bicyclic) bond motifs is 1. The molecule has 1 saturated heterocycles. The topological polar surface area (TPSA) is 98.9 Å². The second-order valence-corrected chi connectivity index (χ2v) is 6.46. The third-order valence-electron chi connectivity index (χ3n) is 4.66. The minimum atomic E-state index is -0.235. The van der Waals surface area contributed by atoms with Gasteiger partial charge in [-0.15, -0.1) is 0 Å². The summed E-state index contributed by atoms with van der Waals surface area (Å²) in [5.41, 5.74) is 1.21. The Labute approximate surface area is 146 Å². The molecule has 1 fully saturated rings. The minimum absolute atomic E-state index is 0.0537. The monoisotopic (exact) mass is 343 g/mol. The van der Waals surface area contributed by atoms with Crippen LogP contribution < -0.4 is 16.0 Å². The SMILES string of the molecule is O=C(CCC1CCNCC1)NCCNC(=O)c1n[nH]c2ccccc12. The molecule has 0 unspecified atom stereocenters. The van der Waals surface area contributed by atoms with E-state index in [0.717, 1.165) is 43.3 Å². The van der Waals surface area contributed by atoms with E-state index in [4.69, 9.17) is 0 Å². The Morgan fingerprint density at radius 3 is 2.72 bits per heavy atom. The molecule has 2 aromatic rings. The zero-order valence-electron chi connectivity index (χ0n) is 14.3. The third kappa shape index (κ3) is 4.79. The highest BCUT2D eigenvalue weighted by Crippen LogP contribution is 2.17. The van der Waals surface area contributed by atoms with Gasteiger partial charge in [0.25, 0.3) is 5.91 Å². The summed E-state index contributed by atoms with van der Waals surface area (Å²) in [6, 6.07) is 7.50. The van der Waals surface area contributed by atoms with Crippen LogP contribution in [0.25, 0.3) is 10.9 Å². The van der Waals surface area contributed by atoms with Crippen molar-refractivity contribution >= 4 is 22.7 Å². The molecule has 0 aliphatic carbocycles. The van der Waals surface area contributed by atoms with Crippen LogP contribution in [0.3, 0.4) is 0 Å². The predicted octanol–water partition coefficient (Wildman–Crippen LogP) is 1.19. The molecule has 1 aromatic carbocycles. The molecule has 1 aliphatic heterocycles. The van der Waals surface area contributed by atoms with Crippen molar-refractivity contribution in [3.8, 4) is 0 Å². The lowest BCUT2D eigenvalue weighted by atomic mass is 9.93. The van der Waals surface area contributed by atoms with Crippen molar-refractivity contribution in [2.24, 2.45) is 5.92 Å². The van der Waals surface area contributed by atoms with Gasteiger partial charge in [0.05, 0.1) is 5.52 Å². The van der Waals surface area contributed by atoms with Crippen LogP contribution in [0.2, 0.25) is 0 Å². The van der Waals surface area contributed by atoms with E-state index in [1.165, 1.54) is 0 Å². The van der Waals surface area contributed by atoms with E-state index in [-0.39, 0.29) is 11.8 Å². The van der Waals surface area contributed by atoms with E-state index in [1.54, 1.807) is 0 Å². The lowest BCUT2D eigenvalue weighted by Crippen LogP contribution is -2.35. The zero-order valence-corrected chi connectivity index (χ0v) is 14.3. The number of aromatic nitrogens is 2. The van der Waals surface area contributed by atoms with Gasteiger partial charge in [-0.05, 0) is 44.3 Å². The normalized spacial score (nSPS) is 15.2. The van der Waals surface area contributed by atoms with Gasteiger partial charge in [-0.25, -0.2) is 0 Å². The number of benzene rings is 1. The van der Waals surface area contributed by atoms with Crippen LogP contribution in [0.4, 0.5) is 0 Å². The Morgan fingerprint density at radius 2 is 1.88 bits per heavy atom. The lowest BCUT2D eigenvalue weighted by molar-refractivity contribution is -0.121. The smallest absolute Gasteiger partial charge is 0.272 e. The van der Waals surface area contributed by atoms with E-state index >= 15 is 0 Å². The fourth-order valence-electron chi connectivity index (χ4n) is 3.19. The molecule has 0 saturated carbocycles. The Hall–Kier alpha value is -2.41. The number of hydrogen-bond donors (Lipinski definition) is 4. The molecule has 25 heavy (non-hydrogen) atoms. The first-order valence-electron chi connectivity index (χ1n) is 8.93. The molecule has 1 aromatic heterocycles. The highest BCUT2D eigenvalue weighted by atomic mass is 16.2. The number of H-pyrrole nitrogens is 1. The Bertz CT molecular complexity index is 721. The van der Waals surface area contributed by atoms with Gasteiger partial charge < -0.3 is 16.0 Å². The largest absolute Gasteiger partial charge is 0.354 e. The summed E-state index contributed by atoms with van der Waals surface area (Å²) in [5, 5.41) is 16.7. The van der Waals surface area contributed by atoms with Gasteiger partial charge in [0, 0.05) is 24.9 Å². The van der Waals surface area contributed by atoms with Crippen LogP contribution in [0.5, 0.6) is 0 Å². The van der Waals surface area contributed by atoms with Gasteiger partial charge in [-0.2, -0.15) is 5.10 Å². The molecule has 2 heterocycles. The highest BCUT2D eigenvalue weighted by Gasteiger charge is 2.15. The van der Waals surface area contributed by atoms with Gasteiger partial charge in [0.15, 0.2) is 5.69 Å². The van der Waals surface area contributed by atoms with Crippen molar-refractivity contribution in [2.75, 3.05) is 26.2 Å². The molecule has 0 radical (unpaired) electrons. The first-order valence-corrected chi connectivity index (χ1v) is 8.93. The lowest BCUT2D eigenvalue weighted by Gasteiger charge is -2.22. The van der Waals surface area contributed by atoms with Gasteiger partial charge in [-0.3, -0.25) is 14.7 Å². The van der Waals surface area contributed by atoms with Crippen LogP contribution in [-0.4, -0.2) is 48.2 Å². The summed E-state index contributed by atoms with van der Waals surface area (Å²) in [6.07, 6.45) is 3.81. The number of nitrogens with one attached hydrogen (secondary N) is 4. The highest BCUT2D eigenvalue weighted by molar-refractivity contribution is 6.04. The van der Waals surface area contributed by atoms with Crippen molar-refractivity contribution < 1.29 is 9.59 Å². The summed E-state index contributed by atoms with van der Waals surface area (Å²) in [5.74, 6) is 0.471. The molecule has 7 nitrogen and oxygen atoms in total. The maximum atomic E-state index is 12.2. The molecule has 0 atom stereocenters. The van der Waals surface area contributed by atoms with E-state index in [0.29, 0.717) is 31.1 Å². The Morgan fingerprint density at radius 1 is 1.12 bits per heavy atom. The van der Waals surface area contributed by atoms with Crippen LogP contribution >= 0.6 is 0 Å². The maximum Gasteiger partial charge on any atom is 0.272 e. The number of hydrogen-bond acceptors (Lipinski definition) is 4. The van der Waals surface area contributed by atoms with Gasteiger partial charge in [-0.1, -0.05) is 18.2 Å². The fraction of sp³-hybridized carbons (Fsp3) is 0.500. The van der Waals surface area contributed by atoms with E-state index in [9.17, 15) is 9.59 Å². The van der Waals surface area contributed by atoms with Crippen LogP contribution in [0.15, 0.2) is 24.3 Å². The molecular weight excluding hydrogens is 318 g/mol. The van der Waals surface area contributed by atoms with E-state index in [1.807, 2.05) is 24.3 Å². The first kappa shape index (κ1) is 17.4. The number of para-hydroxylation sites is 1. The Kier molecular flexibility index (Phi) is 6.00. The van der Waals surface area contributed by atoms with Crippen molar-refractivity contribution in [1.82, 2.24) is 26.1 Å². The summed E-state index contributed by atoms with van der Waals surface area (Å²) in [6.45, 7) is 2.93. The molecular formula is C18H25N5O2. The van der Waals surface area contributed by atoms with Crippen LogP contribution in [-0.2, 0) is 4.79 Å². The molecule has 0 spiro atoms. The number of amides is 2. The van der Waals surface area contributed by atoms with Crippen molar-refractivity contribution in [3.63, 3.8) is 0 Å². The maximum absolute atomic E-state index is 12.2. The summed E-state index contributed by atoms with van der Waals surface area (Å²) < 4.78 is 0. The molecule has 4 N–H and O–H groups in total. The summed E-state index contributed by atoms with van der Waals surface area (Å²) >= 11 is 0. The quantitative estimate of drug-likeness (QED) is 0.568. The van der Waals surface area contributed by atoms with E-state index in [2.05, 4.69) is 26.1 Å². The second-order valence-electron chi connectivity index (χ2n) is 6.46. The number of carbonyl (C=O) groups excluding carboxylic acids is 2. The fourth-order valence-corrected chi connectivity index (χ4v) is 3.19. The average Bonchev–Trinajstić information content (AvgIpc) is 3.08. The number of carbonyl (C=O) groups is 2. The predicted molar refractivity (Wildman–Crippen MR) is 96.3 cm³/mol. The van der Waals surface area contributed by atoms with Crippen molar-refractivity contribution in [2.45, 2.75) is 25.7 Å². The molecule has 3 rings (SSSR count). The van der Waals surface area contributed by atoms with Gasteiger partial charge >= 0.3 is 0 Å². The average molecular weight is 343 g/mol. The van der Waals surface area contributed by atoms with Crippen LogP contribution in [0, 0.1) is 5.92 Å². The third-order valence-corrected chi connectivity index (χ3v) is 4.66. The molecule has 134 valence electrons. The number of aromatic amines is 1. The molecule has 1 aliphatic rings. The summed E-state index contributed by atoms with van der Waals surface area (Å²) in [7, 11) is 0. The first-order chi connectivity index (χ1) is 12.2. The number of nitrogens with zero attached hydrogens (tertiary/aromatic N) is 1. The summed E-state index contributed by atoms with van der Waals surface area (Å²) in [4.78, 5) is 24.1. The molecule has 2 amide bonds. The van der Waals surface area contributed by atoms with Gasteiger partial charge in [0.1, 0.15) is 0 Å². The number of piperidine rings is 1.